The number of piperidine rings is 1. The third kappa shape index (κ3) is 7.01. The molecule has 1 heterocycles. The summed E-state index contributed by atoms with van der Waals surface area (Å²) in [4.78, 5) is 4.60. The summed E-state index contributed by atoms with van der Waals surface area (Å²) in [5.41, 5.74) is 3.74. The lowest BCUT2D eigenvalue weighted by Crippen LogP contribution is -2.38. The molecule has 0 bridgehead atoms. The summed E-state index contributed by atoms with van der Waals surface area (Å²) in [5.74, 6) is 1.39. The van der Waals surface area contributed by atoms with Crippen LogP contribution in [0.25, 0.3) is 0 Å². The highest BCUT2D eigenvalue weighted by atomic mass is 16.5. The number of rotatable bonds is 10. The van der Waals surface area contributed by atoms with Gasteiger partial charge in [-0.05, 0) is 63.2 Å². The van der Waals surface area contributed by atoms with Gasteiger partial charge in [0, 0.05) is 19.6 Å². The number of ether oxygens (including phenoxy) is 2. The number of likely N-dealkylation sites (tertiary alicyclic amines) is 1. The number of hydrogen-bond acceptors (Lipinski definition) is 5. The van der Waals surface area contributed by atoms with Crippen molar-refractivity contribution < 1.29 is 14.6 Å². The zero-order valence-electron chi connectivity index (χ0n) is 18.6. The van der Waals surface area contributed by atoms with Crippen LogP contribution in [0.3, 0.4) is 0 Å². The average molecular weight is 413 g/mol. The first-order chi connectivity index (χ1) is 14.5. The van der Waals surface area contributed by atoms with Crippen LogP contribution in [0.5, 0.6) is 11.5 Å². The minimum absolute atomic E-state index is 0.273. The smallest absolute Gasteiger partial charge is 0.161 e. The maximum Gasteiger partial charge on any atom is 0.161 e. The van der Waals surface area contributed by atoms with Crippen LogP contribution in [0, 0.1) is 6.92 Å². The zero-order chi connectivity index (χ0) is 21.3. The summed E-state index contributed by atoms with van der Waals surface area (Å²) in [6.45, 7) is 6.89. The zero-order valence-corrected chi connectivity index (χ0v) is 18.6. The van der Waals surface area contributed by atoms with Crippen molar-refractivity contribution in [2.24, 2.45) is 0 Å². The molecule has 30 heavy (non-hydrogen) atoms. The third-order valence-electron chi connectivity index (χ3n) is 5.60. The van der Waals surface area contributed by atoms with Gasteiger partial charge in [-0.2, -0.15) is 0 Å². The molecule has 0 aliphatic carbocycles. The van der Waals surface area contributed by atoms with E-state index in [2.05, 4.69) is 54.1 Å². The van der Waals surface area contributed by atoms with E-state index in [0.717, 1.165) is 31.7 Å². The van der Waals surface area contributed by atoms with Crippen LogP contribution in [0.15, 0.2) is 42.5 Å². The van der Waals surface area contributed by atoms with Crippen molar-refractivity contribution in [3.63, 3.8) is 0 Å². The molecule has 1 aliphatic heterocycles. The molecule has 2 aromatic carbocycles. The Kier molecular flexibility index (Phi) is 8.55. The number of β-amino-alcohol motifs (C(OH)–C–C–N with tert-alkyl or cyclic N) is 1. The highest BCUT2D eigenvalue weighted by Crippen LogP contribution is 2.29. The summed E-state index contributed by atoms with van der Waals surface area (Å²) >= 11 is 0. The molecule has 3 rings (SSSR count). The third-order valence-corrected chi connectivity index (χ3v) is 5.60. The summed E-state index contributed by atoms with van der Waals surface area (Å²) in [6, 6.07) is 14.7. The molecular weight excluding hydrogens is 376 g/mol. The Labute approximate surface area is 181 Å². The predicted octanol–water partition coefficient (Wildman–Crippen LogP) is 3.86. The highest BCUT2D eigenvalue weighted by molar-refractivity contribution is 5.43. The normalized spacial score (nSPS) is 15.9. The first-order valence-corrected chi connectivity index (χ1v) is 11.0. The van der Waals surface area contributed by atoms with E-state index < -0.39 is 6.10 Å². The summed E-state index contributed by atoms with van der Waals surface area (Å²) in [7, 11) is 3.77. The maximum atomic E-state index is 10.4. The van der Waals surface area contributed by atoms with Gasteiger partial charge >= 0.3 is 0 Å². The average Bonchev–Trinajstić information content (AvgIpc) is 2.75. The van der Waals surface area contributed by atoms with Crippen molar-refractivity contribution in [3.8, 4) is 11.5 Å². The second-order valence-corrected chi connectivity index (χ2v) is 8.47. The Bertz CT molecular complexity index is 772. The fraction of sp³-hybridized carbons (Fsp3) is 0.520. The van der Waals surface area contributed by atoms with Gasteiger partial charge in [-0.1, -0.05) is 42.3 Å². The topological polar surface area (TPSA) is 45.2 Å². The van der Waals surface area contributed by atoms with Crippen LogP contribution in [0.4, 0.5) is 0 Å². The molecule has 164 valence electrons. The Hall–Kier alpha value is -2.08. The van der Waals surface area contributed by atoms with E-state index in [-0.39, 0.29) is 6.61 Å². The van der Waals surface area contributed by atoms with Gasteiger partial charge in [0.15, 0.2) is 11.5 Å². The fourth-order valence-corrected chi connectivity index (χ4v) is 3.98. The van der Waals surface area contributed by atoms with Gasteiger partial charge in [0.25, 0.3) is 0 Å². The highest BCUT2D eigenvalue weighted by Gasteiger charge is 2.16. The molecule has 0 amide bonds. The predicted molar refractivity (Wildman–Crippen MR) is 121 cm³/mol. The first-order valence-electron chi connectivity index (χ1n) is 11.0. The largest absolute Gasteiger partial charge is 0.493 e. The Balaban J connectivity index is 1.55. The molecule has 1 aliphatic rings. The number of methoxy groups -OCH3 is 1. The second kappa shape index (κ2) is 11.3. The van der Waals surface area contributed by atoms with Crippen molar-refractivity contribution >= 4 is 0 Å². The van der Waals surface area contributed by atoms with Crippen molar-refractivity contribution in [1.82, 2.24) is 9.80 Å². The number of hydrogen-bond donors (Lipinski definition) is 1. The van der Waals surface area contributed by atoms with Gasteiger partial charge in [0.2, 0.25) is 0 Å². The van der Waals surface area contributed by atoms with Gasteiger partial charge in [0.05, 0.1) is 7.11 Å². The molecule has 0 saturated carbocycles. The minimum atomic E-state index is -0.499. The Morgan fingerprint density at radius 2 is 1.63 bits per heavy atom. The molecule has 5 nitrogen and oxygen atoms in total. The minimum Gasteiger partial charge on any atom is -0.493 e. The molecule has 1 fully saturated rings. The lowest BCUT2D eigenvalue weighted by atomic mass is 10.1. The lowest BCUT2D eigenvalue weighted by molar-refractivity contribution is 0.0608. The van der Waals surface area contributed by atoms with Gasteiger partial charge in [-0.3, -0.25) is 4.90 Å². The number of aliphatic hydroxyl groups excluding tert-OH is 1. The van der Waals surface area contributed by atoms with Crippen LogP contribution >= 0.6 is 0 Å². The molecular formula is C25H36N2O3. The number of nitrogens with zero attached hydrogens (tertiary/aromatic N) is 2. The lowest BCUT2D eigenvalue weighted by Gasteiger charge is -2.28. The molecule has 0 aromatic heterocycles. The standard InChI is InChI=1S/C25H36N2O3/c1-20-7-9-21(10-8-20)16-26(2)17-22-11-12-24(29-3)25(15-22)30-19-23(28)18-27-13-5-4-6-14-27/h7-12,15,23,28H,4-6,13-14,16-19H2,1-3H3. The number of benzene rings is 2. The van der Waals surface area contributed by atoms with Gasteiger partial charge in [0.1, 0.15) is 12.7 Å². The molecule has 2 aromatic rings. The monoisotopic (exact) mass is 412 g/mol. The summed E-state index contributed by atoms with van der Waals surface area (Å²) < 4.78 is 11.4. The van der Waals surface area contributed by atoms with Crippen LogP contribution < -0.4 is 9.47 Å². The molecule has 1 atom stereocenters. The van der Waals surface area contributed by atoms with E-state index >= 15 is 0 Å². The molecule has 1 saturated heterocycles. The molecule has 0 spiro atoms. The van der Waals surface area contributed by atoms with E-state index in [1.807, 2.05) is 12.1 Å². The summed E-state index contributed by atoms with van der Waals surface area (Å²) in [6.07, 6.45) is 3.24. The fourth-order valence-electron chi connectivity index (χ4n) is 3.98. The number of aryl methyl sites for hydroxylation is 1. The van der Waals surface area contributed by atoms with Crippen molar-refractivity contribution in [2.75, 3.05) is 40.4 Å². The van der Waals surface area contributed by atoms with E-state index in [1.54, 1.807) is 7.11 Å². The van der Waals surface area contributed by atoms with Crippen molar-refractivity contribution in [1.29, 1.82) is 0 Å². The van der Waals surface area contributed by atoms with Crippen molar-refractivity contribution in [3.05, 3.63) is 59.2 Å². The van der Waals surface area contributed by atoms with Crippen LogP contribution in [0.1, 0.15) is 36.0 Å². The van der Waals surface area contributed by atoms with Crippen LogP contribution in [-0.4, -0.2) is 61.4 Å². The maximum absolute atomic E-state index is 10.4. The molecule has 5 heteroatoms. The van der Waals surface area contributed by atoms with E-state index in [4.69, 9.17) is 9.47 Å². The second-order valence-electron chi connectivity index (χ2n) is 8.47. The summed E-state index contributed by atoms with van der Waals surface area (Å²) in [5, 5.41) is 10.4. The number of aliphatic hydroxyl groups is 1. The first kappa shape index (κ1) is 22.6. The quantitative estimate of drug-likeness (QED) is 0.642. The SMILES string of the molecule is COc1ccc(CN(C)Cc2ccc(C)cc2)cc1OCC(O)CN1CCCCC1. The Morgan fingerprint density at radius 1 is 0.967 bits per heavy atom. The Morgan fingerprint density at radius 3 is 2.33 bits per heavy atom. The van der Waals surface area contributed by atoms with Crippen LogP contribution in [-0.2, 0) is 13.1 Å². The van der Waals surface area contributed by atoms with E-state index in [1.165, 1.54) is 30.4 Å². The molecule has 1 unspecified atom stereocenters. The van der Waals surface area contributed by atoms with Crippen molar-refractivity contribution in [2.45, 2.75) is 45.4 Å². The van der Waals surface area contributed by atoms with Gasteiger partial charge in [-0.15, -0.1) is 0 Å². The van der Waals surface area contributed by atoms with Crippen LogP contribution in [0.2, 0.25) is 0 Å². The van der Waals surface area contributed by atoms with E-state index in [9.17, 15) is 5.11 Å². The van der Waals surface area contributed by atoms with E-state index in [0.29, 0.717) is 18.0 Å². The molecule has 1 N–H and O–H groups in total. The van der Waals surface area contributed by atoms with Gasteiger partial charge in [-0.25, -0.2) is 0 Å². The molecule has 0 radical (unpaired) electrons. The van der Waals surface area contributed by atoms with Gasteiger partial charge < -0.3 is 19.5 Å².